The Morgan fingerprint density at radius 2 is 2.33 bits per heavy atom. The van der Waals surface area contributed by atoms with Crippen LogP contribution in [0.15, 0.2) is 22.7 Å². The fraction of sp³-hybridized carbons (Fsp3) is 0.462. The molecule has 3 nitrogen and oxygen atoms in total. The fourth-order valence-corrected chi connectivity index (χ4v) is 2.58. The van der Waals surface area contributed by atoms with Gasteiger partial charge in [-0.2, -0.15) is 0 Å². The number of benzene rings is 1. The van der Waals surface area contributed by atoms with Gasteiger partial charge in [-0.1, -0.05) is 13.0 Å². The van der Waals surface area contributed by atoms with Crippen LogP contribution in [-0.4, -0.2) is 18.5 Å². The molecule has 0 radical (unpaired) electrons. The molecule has 2 atom stereocenters. The Morgan fingerprint density at radius 1 is 1.56 bits per heavy atom. The minimum atomic E-state index is -0.429. The van der Waals surface area contributed by atoms with Crippen LogP contribution < -0.4 is 10.6 Å². The highest BCUT2D eigenvalue weighted by Gasteiger charge is 2.25. The molecule has 1 aliphatic heterocycles. The van der Waals surface area contributed by atoms with E-state index in [1.54, 1.807) is 12.1 Å². The Kier molecular flexibility index (Phi) is 4.35. The summed E-state index contributed by atoms with van der Waals surface area (Å²) in [7, 11) is 0. The van der Waals surface area contributed by atoms with Crippen molar-refractivity contribution in [3.05, 3.63) is 28.5 Å². The van der Waals surface area contributed by atoms with Crippen molar-refractivity contribution in [3.63, 3.8) is 0 Å². The highest BCUT2D eigenvalue weighted by molar-refractivity contribution is 9.10. The van der Waals surface area contributed by atoms with Crippen LogP contribution in [0.5, 0.6) is 0 Å². The number of carbonyl (C=O) groups is 1. The number of para-hydroxylation sites is 1. The van der Waals surface area contributed by atoms with Crippen molar-refractivity contribution in [2.24, 2.45) is 5.92 Å². The fourth-order valence-electron chi connectivity index (χ4n) is 2.13. The van der Waals surface area contributed by atoms with Crippen molar-refractivity contribution < 1.29 is 9.18 Å². The van der Waals surface area contributed by atoms with Crippen molar-refractivity contribution in [2.45, 2.75) is 25.8 Å². The van der Waals surface area contributed by atoms with E-state index in [9.17, 15) is 9.18 Å². The third-order valence-corrected chi connectivity index (χ3v) is 3.85. The van der Waals surface area contributed by atoms with E-state index < -0.39 is 5.82 Å². The van der Waals surface area contributed by atoms with E-state index in [2.05, 4.69) is 33.5 Å². The standard InChI is InChI=1S/C13H16BrFN2O/c1-8-5-6-16-11(7-8)13(18)17-12-9(14)3-2-4-10(12)15/h2-4,8,11,16H,5-7H2,1H3,(H,17,18). The molecule has 1 fully saturated rings. The predicted molar refractivity (Wildman–Crippen MR) is 72.9 cm³/mol. The number of anilines is 1. The lowest BCUT2D eigenvalue weighted by Gasteiger charge is -2.27. The van der Waals surface area contributed by atoms with Crippen LogP contribution in [0.3, 0.4) is 0 Å². The summed E-state index contributed by atoms with van der Waals surface area (Å²) in [6, 6.07) is 4.39. The second kappa shape index (κ2) is 5.80. The average Bonchev–Trinajstić information content (AvgIpc) is 2.34. The summed E-state index contributed by atoms with van der Waals surface area (Å²) in [5.74, 6) is -0.0833. The predicted octanol–water partition coefficient (Wildman–Crippen LogP) is 2.91. The minimum absolute atomic E-state index is 0.174. The summed E-state index contributed by atoms with van der Waals surface area (Å²) < 4.78 is 14.1. The van der Waals surface area contributed by atoms with E-state index in [1.165, 1.54) is 6.07 Å². The molecule has 1 heterocycles. The first-order valence-electron chi connectivity index (χ1n) is 6.06. The lowest BCUT2D eigenvalue weighted by Crippen LogP contribution is -2.45. The van der Waals surface area contributed by atoms with Gasteiger partial charge in [0, 0.05) is 4.47 Å². The Labute approximate surface area is 114 Å². The maximum atomic E-state index is 13.6. The molecule has 5 heteroatoms. The van der Waals surface area contributed by atoms with Crippen molar-refractivity contribution in [2.75, 3.05) is 11.9 Å². The number of rotatable bonds is 2. The van der Waals surface area contributed by atoms with Crippen molar-refractivity contribution in [3.8, 4) is 0 Å². The van der Waals surface area contributed by atoms with Gasteiger partial charge in [-0.25, -0.2) is 4.39 Å². The molecular weight excluding hydrogens is 299 g/mol. The Hall–Kier alpha value is -0.940. The molecule has 1 aliphatic rings. The molecular formula is C13H16BrFN2O. The second-order valence-electron chi connectivity index (χ2n) is 4.72. The van der Waals surface area contributed by atoms with Gasteiger partial charge in [-0.15, -0.1) is 0 Å². The molecule has 1 aromatic carbocycles. The Morgan fingerprint density at radius 3 is 3.00 bits per heavy atom. The van der Waals surface area contributed by atoms with E-state index >= 15 is 0 Å². The van der Waals surface area contributed by atoms with Crippen molar-refractivity contribution in [1.29, 1.82) is 0 Å². The number of carbonyl (C=O) groups excluding carboxylic acids is 1. The summed E-state index contributed by atoms with van der Waals surface area (Å²) >= 11 is 3.24. The van der Waals surface area contributed by atoms with Gasteiger partial charge >= 0.3 is 0 Å². The number of amides is 1. The lowest BCUT2D eigenvalue weighted by molar-refractivity contribution is -0.119. The molecule has 0 spiro atoms. The zero-order valence-corrected chi connectivity index (χ0v) is 11.8. The summed E-state index contributed by atoms with van der Waals surface area (Å²) in [5, 5.41) is 5.80. The average molecular weight is 315 g/mol. The van der Waals surface area contributed by atoms with Crippen molar-refractivity contribution >= 4 is 27.5 Å². The van der Waals surface area contributed by atoms with Gasteiger partial charge in [-0.05, 0) is 53.4 Å². The molecule has 0 saturated carbocycles. The van der Waals surface area contributed by atoms with Gasteiger partial charge < -0.3 is 10.6 Å². The first-order chi connectivity index (χ1) is 8.58. The number of piperidine rings is 1. The normalized spacial score (nSPS) is 23.7. The number of nitrogens with one attached hydrogen (secondary N) is 2. The second-order valence-corrected chi connectivity index (χ2v) is 5.58. The quantitative estimate of drug-likeness (QED) is 0.881. The number of hydrogen-bond donors (Lipinski definition) is 2. The van der Waals surface area contributed by atoms with Crippen LogP contribution in [0.2, 0.25) is 0 Å². The summed E-state index contributed by atoms with van der Waals surface area (Å²) in [5.41, 5.74) is 0.211. The van der Waals surface area contributed by atoms with Crippen LogP contribution in [0, 0.1) is 11.7 Å². The van der Waals surface area contributed by atoms with Crippen LogP contribution >= 0.6 is 15.9 Å². The van der Waals surface area contributed by atoms with Gasteiger partial charge in [0.2, 0.25) is 5.91 Å². The Balaban J connectivity index is 2.07. The molecule has 1 saturated heterocycles. The van der Waals surface area contributed by atoms with E-state index in [1.807, 2.05) is 0 Å². The lowest BCUT2D eigenvalue weighted by atomic mass is 9.94. The summed E-state index contributed by atoms with van der Waals surface area (Å²) in [4.78, 5) is 12.1. The molecule has 1 aromatic rings. The molecule has 2 rings (SSSR count). The third-order valence-electron chi connectivity index (χ3n) is 3.19. The highest BCUT2D eigenvalue weighted by atomic mass is 79.9. The monoisotopic (exact) mass is 314 g/mol. The minimum Gasteiger partial charge on any atom is -0.321 e. The molecule has 1 amide bonds. The van der Waals surface area contributed by atoms with E-state index in [0.29, 0.717) is 10.4 Å². The van der Waals surface area contributed by atoms with Gasteiger partial charge in [0.1, 0.15) is 5.82 Å². The maximum absolute atomic E-state index is 13.6. The molecule has 0 aromatic heterocycles. The van der Waals surface area contributed by atoms with Crippen LogP contribution in [-0.2, 0) is 4.79 Å². The molecule has 0 bridgehead atoms. The largest absolute Gasteiger partial charge is 0.321 e. The molecule has 98 valence electrons. The van der Waals surface area contributed by atoms with Crippen LogP contribution in [0.25, 0.3) is 0 Å². The number of halogens is 2. The maximum Gasteiger partial charge on any atom is 0.241 e. The summed E-state index contributed by atoms with van der Waals surface area (Å²) in [6.07, 6.45) is 1.87. The highest BCUT2D eigenvalue weighted by Crippen LogP contribution is 2.26. The van der Waals surface area contributed by atoms with Crippen LogP contribution in [0.1, 0.15) is 19.8 Å². The van der Waals surface area contributed by atoms with Gasteiger partial charge in [0.05, 0.1) is 11.7 Å². The van der Waals surface area contributed by atoms with Gasteiger partial charge in [0.15, 0.2) is 0 Å². The first-order valence-corrected chi connectivity index (χ1v) is 6.85. The van der Waals surface area contributed by atoms with Gasteiger partial charge in [-0.3, -0.25) is 4.79 Å². The first kappa shape index (κ1) is 13.5. The van der Waals surface area contributed by atoms with E-state index in [-0.39, 0.29) is 17.6 Å². The third kappa shape index (κ3) is 3.09. The smallest absolute Gasteiger partial charge is 0.241 e. The number of hydrogen-bond acceptors (Lipinski definition) is 2. The van der Waals surface area contributed by atoms with E-state index in [4.69, 9.17) is 0 Å². The van der Waals surface area contributed by atoms with E-state index in [0.717, 1.165) is 19.4 Å². The zero-order valence-electron chi connectivity index (χ0n) is 10.2. The molecule has 2 N–H and O–H groups in total. The van der Waals surface area contributed by atoms with Crippen LogP contribution in [0.4, 0.5) is 10.1 Å². The summed E-state index contributed by atoms with van der Waals surface area (Å²) in [6.45, 7) is 2.96. The SMILES string of the molecule is CC1CCNC(C(=O)Nc2c(F)cccc2Br)C1. The van der Waals surface area contributed by atoms with Gasteiger partial charge in [0.25, 0.3) is 0 Å². The molecule has 2 unspecified atom stereocenters. The Bertz CT molecular complexity index is 432. The zero-order chi connectivity index (χ0) is 13.1. The van der Waals surface area contributed by atoms with Crippen molar-refractivity contribution in [1.82, 2.24) is 5.32 Å². The topological polar surface area (TPSA) is 41.1 Å². The molecule has 18 heavy (non-hydrogen) atoms. The molecule has 0 aliphatic carbocycles.